The fourth-order valence-electron chi connectivity index (χ4n) is 1.75. The molecule has 1 amide bonds. The molecule has 0 N–H and O–H groups in total. The van der Waals surface area contributed by atoms with Crippen LogP contribution in [0.25, 0.3) is 0 Å². The molecule has 6 nitrogen and oxygen atoms in total. The average molecular weight is 389 g/mol. The van der Waals surface area contributed by atoms with Gasteiger partial charge in [0.1, 0.15) is 4.90 Å². The number of furan rings is 1. The number of carbonyl (C=O) groups is 1. The number of amides is 1. The van der Waals surface area contributed by atoms with Crippen LogP contribution in [0.15, 0.2) is 20.0 Å². The molecule has 0 aliphatic heterocycles. The third kappa shape index (κ3) is 3.97. The fourth-order valence-corrected chi connectivity index (χ4v) is 3.78. The van der Waals surface area contributed by atoms with E-state index >= 15 is 0 Å². The maximum Gasteiger partial charge on any atom is 0.289 e. The first kappa shape index (κ1) is 17.5. The molecule has 1 heterocycles. The van der Waals surface area contributed by atoms with Crippen molar-refractivity contribution in [2.75, 3.05) is 20.3 Å². The normalized spacial score (nSPS) is 13.2. The monoisotopic (exact) mass is 387 g/mol. The van der Waals surface area contributed by atoms with E-state index in [9.17, 15) is 13.2 Å². The minimum atomic E-state index is -3.97. The molecular formula is C11H15BrClNO5S. The summed E-state index contributed by atoms with van der Waals surface area (Å²) in [6, 6.07) is 0.939. The lowest BCUT2D eigenvalue weighted by Gasteiger charge is -2.26. The molecule has 1 atom stereocenters. The maximum atomic E-state index is 12.3. The summed E-state index contributed by atoms with van der Waals surface area (Å²) in [5.74, 6) is -0.523. The Morgan fingerprint density at radius 1 is 1.60 bits per heavy atom. The van der Waals surface area contributed by atoms with Crippen LogP contribution in [0.2, 0.25) is 0 Å². The number of ether oxygens (including phenoxy) is 1. The smallest absolute Gasteiger partial charge is 0.289 e. The van der Waals surface area contributed by atoms with Crippen molar-refractivity contribution in [1.29, 1.82) is 0 Å². The largest absolute Gasteiger partial charge is 0.443 e. The Bertz CT molecular complexity index is 586. The molecule has 1 rings (SSSR count). The van der Waals surface area contributed by atoms with Gasteiger partial charge in [-0.05, 0) is 29.8 Å². The van der Waals surface area contributed by atoms with Crippen LogP contribution in [0.4, 0.5) is 0 Å². The average Bonchev–Trinajstić information content (AvgIpc) is 2.72. The number of carbonyl (C=O) groups excluding carboxylic acids is 1. The van der Waals surface area contributed by atoms with Crippen LogP contribution in [0.3, 0.4) is 0 Å². The molecule has 0 aromatic carbocycles. The van der Waals surface area contributed by atoms with Gasteiger partial charge in [0.05, 0.1) is 12.6 Å². The minimum absolute atomic E-state index is 0.0914. The third-order valence-electron chi connectivity index (χ3n) is 2.67. The summed E-state index contributed by atoms with van der Waals surface area (Å²) >= 11 is 2.93. The number of hydrogen-bond acceptors (Lipinski definition) is 5. The standard InChI is InChI=1S/C11H15BrClNO5S/c1-4-14(7(2)6-18-3)11(15)8-5-9(10(12)19-8)20(13,16)17/h5,7H,4,6H2,1-3H3. The van der Waals surface area contributed by atoms with E-state index in [-0.39, 0.29) is 21.4 Å². The van der Waals surface area contributed by atoms with Crippen LogP contribution >= 0.6 is 26.6 Å². The molecule has 1 unspecified atom stereocenters. The summed E-state index contributed by atoms with van der Waals surface area (Å²) in [7, 11) is 2.81. The van der Waals surface area contributed by atoms with Gasteiger partial charge in [0.2, 0.25) is 0 Å². The van der Waals surface area contributed by atoms with Gasteiger partial charge in [-0.3, -0.25) is 4.79 Å². The van der Waals surface area contributed by atoms with Crippen molar-refractivity contribution in [3.63, 3.8) is 0 Å². The molecule has 20 heavy (non-hydrogen) atoms. The predicted molar refractivity (Wildman–Crippen MR) is 77.5 cm³/mol. The van der Waals surface area contributed by atoms with Crippen LogP contribution in [0.5, 0.6) is 0 Å². The molecule has 9 heteroatoms. The molecular weight excluding hydrogens is 374 g/mol. The second-order valence-electron chi connectivity index (χ2n) is 4.08. The molecule has 0 radical (unpaired) electrons. The summed E-state index contributed by atoms with van der Waals surface area (Å²) in [6.45, 7) is 4.43. The topological polar surface area (TPSA) is 76.8 Å². The number of halogens is 2. The fraction of sp³-hybridized carbons (Fsp3) is 0.545. The number of nitrogens with zero attached hydrogens (tertiary/aromatic N) is 1. The second kappa shape index (κ2) is 6.93. The Balaban J connectivity index is 3.08. The van der Waals surface area contributed by atoms with Gasteiger partial charge in [0.25, 0.3) is 15.0 Å². The van der Waals surface area contributed by atoms with E-state index in [1.807, 2.05) is 6.92 Å². The van der Waals surface area contributed by atoms with Crippen molar-refractivity contribution in [2.24, 2.45) is 0 Å². The van der Waals surface area contributed by atoms with Crippen molar-refractivity contribution in [1.82, 2.24) is 4.90 Å². The minimum Gasteiger partial charge on any atom is -0.443 e. The van der Waals surface area contributed by atoms with Crippen molar-refractivity contribution < 1.29 is 22.4 Å². The lowest BCUT2D eigenvalue weighted by atomic mass is 10.2. The van der Waals surface area contributed by atoms with Gasteiger partial charge in [0, 0.05) is 30.4 Å². The van der Waals surface area contributed by atoms with E-state index in [0.29, 0.717) is 13.2 Å². The Labute approximate surface area is 130 Å². The first-order valence-corrected chi connectivity index (χ1v) is 8.86. The highest BCUT2D eigenvalue weighted by molar-refractivity contribution is 9.10. The van der Waals surface area contributed by atoms with E-state index in [1.165, 1.54) is 12.0 Å². The van der Waals surface area contributed by atoms with Crippen molar-refractivity contribution in [2.45, 2.75) is 24.8 Å². The molecule has 0 aliphatic rings. The summed E-state index contributed by atoms with van der Waals surface area (Å²) in [6.07, 6.45) is 0. The van der Waals surface area contributed by atoms with Gasteiger partial charge < -0.3 is 14.1 Å². The number of likely N-dealkylation sites (N-methyl/N-ethyl adjacent to an activating group) is 1. The molecule has 1 aromatic heterocycles. The second-order valence-corrected chi connectivity index (χ2v) is 7.34. The van der Waals surface area contributed by atoms with Gasteiger partial charge in [-0.15, -0.1) is 0 Å². The Kier molecular flexibility index (Phi) is 6.06. The van der Waals surface area contributed by atoms with E-state index in [0.717, 1.165) is 6.07 Å². The highest BCUT2D eigenvalue weighted by Gasteiger charge is 2.27. The van der Waals surface area contributed by atoms with Crippen molar-refractivity contribution >= 4 is 41.6 Å². The van der Waals surface area contributed by atoms with E-state index < -0.39 is 15.0 Å². The Hall–Kier alpha value is -0.570. The first-order chi connectivity index (χ1) is 9.22. The number of methoxy groups -OCH3 is 1. The summed E-state index contributed by atoms with van der Waals surface area (Å²) < 4.78 is 32.6. The quantitative estimate of drug-likeness (QED) is 0.700. The van der Waals surface area contributed by atoms with Crippen LogP contribution in [0.1, 0.15) is 24.4 Å². The highest BCUT2D eigenvalue weighted by Crippen LogP contribution is 2.29. The van der Waals surface area contributed by atoms with Crippen molar-refractivity contribution in [3.05, 3.63) is 16.5 Å². The van der Waals surface area contributed by atoms with E-state index in [1.54, 1.807) is 6.92 Å². The van der Waals surface area contributed by atoms with Gasteiger partial charge >= 0.3 is 0 Å². The van der Waals surface area contributed by atoms with Crippen LogP contribution < -0.4 is 0 Å². The zero-order valence-electron chi connectivity index (χ0n) is 11.2. The summed E-state index contributed by atoms with van der Waals surface area (Å²) in [4.78, 5) is 13.6. The van der Waals surface area contributed by atoms with Gasteiger partial charge in [-0.25, -0.2) is 8.42 Å². The molecule has 0 bridgehead atoms. The van der Waals surface area contributed by atoms with Crippen LogP contribution in [0, 0.1) is 0 Å². The number of rotatable bonds is 6. The molecule has 0 fully saturated rings. The van der Waals surface area contributed by atoms with E-state index in [2.05, 4.69) is 15.9 Å². The predicted octanol–water partition coefficient (Wildman–Crippen LogP) is 2.47. The lowest BCUT2D eigenvalue weighted by molar-refractivity contribution is 0.0548. The summed E-state index contributed by atoms with van der Waals surface area (Å²) in [5, 5.41) is 0. The molecule has 0 saturated carbocycles. The Morgan fingerprint density at radius 3 is 2.60 bits per heavy atom. The van der Waals surface area contributed by atoms with Crippen LogP contribution in [-0.4, -0.2) is 45.5 Å². The molecule has 114 valence electrons. The van der Waals surface area contributed by atoms with Crippen LogP contribution in [-0.2, 0) is 13.8 Å². The zero-order chi connectivity index (χ0) is 15.5. The zero-order valence-corrected chi connectivity index (χ0v) is 14.4. The lowest BCUT2D eigenvalue weighted by Crippen LogP contribution is -2.40. The maximum absolute atomic E-state index is 12.3. The van der Waals surface area contributed by atoms with Gasteiger partial charge in [-0.1, -0.05) is 0 Å². The highest BCUT2D eigenvalue weighted by atomic mass is 79.9. The van der Waals surface area contributed by atoms with Gasteiger partial charge in [0.15, 0.2) is 10.4 Å². The molecule has 1 aromatic rings. The molecule has 0 aliphatic carbocycles. The molecule has 0 spiro atoms. The number of hydrogen-bond donors (Lipinski definition) is 0. The SMILES string of the molecule is CCN(C(=O)c1cc(S(=O)(=O)Cl)c(Br)o1)C(C)COC. The third-order valence-corrected chi connectivity index (χ3v) is 4.85. The first-order valence-electron chi connectivity index (χ1n) is 5.76. The van der Waals surface area contributed by atoms with E-state index in [4.69, 9.17) is 19.8 Å². The van der Waals surface area contributed by atoms with Gasteiger partial charge in [-0.2, -0.15) is 0 Å². The van der Waals surface area contributed by atoms with Crippen molar-refractivity contribution in [3.8, 4) is 0 Å². The summed E-state index contributed by atoms with van der Waals surface area (Å²) in [5.41, 5.74) is 0. The Morgan fingerprint density at radius 2 is 2.20 bits per heavy atom. The molecule has 0 saturated heterocycles.